The highest BCUT2D eigenvalue weighted by Crippen LogP contribution is 2.17. The monoisotopic (exact) mass is 399 g/mol. The van der Waals surface area contributed by atoms with Crippen molar-refractivity contribution in [1.29, 1.82) is 0 Å². The second-order valence-corrected chi connectivity index (χ2v) is 5.68. The number of carbonyl (C=O) groups excluding carboxylic acids is 1. The van der Waals surface area contributed by atoms with Crippen LogP contribution in [0.3, 0.4) is 0 Å². The summed E-state index contributed by atoms with van der Waals surface area (Å²) in [6, 6.07) is 8.55. The van der Waals surface area contributed by atoms with Crippen LogP contribution in [-0.4, -0.2) is 17.4 Å². The number of nitrogens with one attached hydrogen (secondary N) is 2. The van der Waals surface area contributed by atoms with Crippen LogP contribution in [0.4, 0.5) is 15.9 Å². The number of halogens is 2. The van der Waals surface area contributed by atoms with Crippen molar-refractivity contribution in [3.63, 3.8) is 0 Å². The van der Waals surface area contributed by atoms with E-state index in [9.17, 15) is 9.18 Å². The topological polar surface area (TPSA) is 54.0 Å². The lowest BCUT2D eigenvalue weighted by Gasteiger charge is -2.11. The number of anilines is 2. The van der Waals surface area contributed by atoms with Gasteiger partial charge in [-0.05, 0) is 59.3 Å². The van der Waals surface area contributed by atoms with Gasteiger partial charge in [-0.15, -0.1) is 0 Å². The van der Waals surface area contributed by atoms with Crippen LogP contribution in [0.1, 0.15) is 23.7 Å². The standard InChI is InChI=1S/C15H15FIN3O/c1-2-7-18-14-13(8-10(16)9-19-14)15(21)20-12-5-3-11(17)4-6-12/h3-6,8-9H,2,7H2,1H3,(H,18,19)(H,20,21). The molecule has 1 heterocycles. The molecule has 1 aromatic heterocycles. The lowest BCUT2D eigenvalue weighted by atomic mass is 10.2. The second-order valence-electron chi connectivity index (χ2n) is 4.44. The zero-order valence-electron chi connectivity index (χ0n) is 11.5. The molecule has 0 fully saturated rings. The smallest absolute Gasteiger partial charge is 0.259 e. The number of amides is 1. The van der Waals surface area contributed by atoms with Crippen molar-refractivity contribution >= 4 is 40.0 Å². The second kappa shape index (κ2) is 7.35. The number of carbonyl (C=O) groups is 1. The highest BCUT2D eigenvalue weighted by atomic mass is 127. The van der Waals surface area contributed by atoms with E-state index in [1.165, 1.54) is 6.07 Å². The van der Waals surface area contributed by atoms with E-state index >= 15 is 0 Å². The molecule has 1 aromatic carbocycles. The van der Waals surface area contributed by atoms with E-state index in [1.807, 2.05) is 19.1 Å². The first kappa shape index (κ1) is 15.7. The van der Waals surface area contributed by atoms with E-state index in [0.717, 1.165) is 16.2 Å². The van der Waals surface area contributed by atoms with Crippen molar-refractivity contribution in [2.24, 2.45) is 0 Å². The summed E-state index contributed by atoms with van der Waals surface area (Å²) in [5.74, 6) is -0.534. The van der Waals surface area contributed by atoms with Gasteiger partial charge in [0.05, 0.1) is 11.8 Å². The van der Waals surface area contributed by atoms with Crippen molar-refractivity contribution in [3.05, 3.63) is 51.5 Å². The maximum atomic E-state index is 13.4. The molecule has 0 aliphatic carbocycles. The van der Waals surface area contributed by atoms with Crippen LogP contribution in [0.5, 0.6) is 0 Å². The van der Waals surface area contributed by atoms with Crippen LogP contribution in [0.15, 0.2) is 36.5 Å². The minimum atomic E-state index is -0.537. The third kappa shape index (κ3) is 4.38. The predicted molar refractivity (Wildman–Crippen MR) is 90.1 cm³/mol. The predicted octanol–water partition coefficient (Wildman–Crippen LogP) is 3.90. The molecular formula is C15H15FIN3O. The van der Waals surface area contributed by atoms with Gasteiger partial charge in [-0.2, -0.15) is 0 Å². The summed E-state index contributed by atoms with van der Waals surface area (Å²) in [7, 11) is 0. The Morgan fingerprint density at radius 3 is 2.71 bits per heavy atom. The Morgan fingerprint density at radius 1 is 1.33 bits per heavy atom. The summed E-state index contributed by atoms with van der Waals surface area (Å²) in [6.07, 6.45) is 1.98. The molecule has 0 saturated carbocycles. The van der Waals surface area contributed by atoms with Crippen LogP contribution in [0.2, 0.25) is 0 Å². The summed E-state index contributed by atoms with van der Waals surface area (Å²) in [4.78, 5) is 16.2. The Kier molecular flexibility index (Phi) is 5.49. The lowest BCUT2D eigenvalue weighted by molar-refractivity contribution is 0.102. The number of rotatable bonds is 5. The molecule has 0 spiro atoms. The molecule has 1 amide bonds. The fraction of sp³-hybridized carbons (Fsp3) is 0.200. The minimum Gasteiger partial charge on any atom is -0.369 e. The molecule has 0 aliphatic heterocycles. The summed E-state index contributed by atoms with van der Waals surface area (Å²) in [6.45, 7) is 2.67. The summed E-state index contributed by atoms with van der Waals surface area (Å²) < 4.78 is 14.4. The molecule has 0 saturated heterocycles. The van der Waals surface area contributed by atoms with Gasteiger partial charge in [-0.1, -0.05) is 6.92 Å². The molecule has 0 aliphatic rings. The lowest BCUT2D eigenvalue weighted by Crippen LogP contribution is -2.16. The molecular weight excluding hydrogens is 384 g/mol. The number of benzene rings is 1. The van der Waals surface area contributed by atoms with E-state index in [4.69, 9.17) is 0 Å². The first-order valence-electron chi connectivity index (χ1n) is 6.56. The molecule has 110 valence electrons. The number of pyridine rings is 1. The highest BCUT2D eigenvalue weighted by molar-refractivity contribution is 14.1. The van der Waals surface area contributed by atoms with Crippen molar-refractivity contribution < 1.29 is 9.18 Å². The zero-order valence-corrected chi connectivity index (χ0v) is 13.6. The van der Waals surface area contributed by atoms with Gasteiger partial charge >= 0.3 is 0 Å². The first-order valence-corrected chi connectivity index (χ1v) is 7.64. The average Bonchev–Trinajstić information content (AvgIpc) is 2.48. The maximum Gasteiger partial charge on any atom is 0.259 e. The summed E-state index contributed by atoms with van der Waals surface area (Å²) in [5.41, 5.74) is 0.855. The Balaban J connectivity index is 2.20. The van der Waals surface area contributed by atoms with Gasteiger partial charge in [0.2, 0.25) is 0 Å². The molecule has 2 rings (SSSR count). The molecule has 4 nitrogen and oxygen atoms in total. The average molecular weight is 399 g/mol. The van der Waals surface area contributed by atoms with E-state index in [0.29, 0.717) is 18.1 Å². The van der Waals surface area contributed by atoms with Crippen LogP contribution in [0, 0.1) is 9.39 Å². The SMILES string of the molecule is CCCNc1ncc(F)cc1C(=O)Nc1ccc(I)cc1. The first-order chi connectivity index (χ1) is 10.1. The molecule has 0 unspecified atom stereocenters. The minimum absolute atomic E-state index is 0.196. The van der Waals surface area contributed by atoms with E-state index < -0.39 is 5.82 Å². The number of hydrogen-bond donors (Lipinski definition) is 2. The number of nitrogens with zero attached hydrogens (tertiary/aromatic N) is 1. The Labute approximate surface area is 136 Å². The molecule has 0 bridgehead atoms. The zero-order chi connectivity index (χ0) is 15.2. The molecule has 0 atom stereocenters. The van der Waals surface area contributed by atoms with Gasteiger partial charge in [0, 0.05) is 15.8 Å². The van der Waals surface area contributed by atoms with Crippen LogP contribution >= 0.6 is 22.6 Å². The van der Waals surface area contributed by atoms with Crippen LogP contribution < -0.4 is 10.6 Å². The van der Waals surface area contributed by atoms with Gasteiger partial charge in [0.1, 0.15) is 11.6 Å². The quantitative estimate of drug-likeness (QED) is 0.750. The van der Waals surface area contributed by atoms with E-state index in [-0.39, 0.29) is 11.5 Å². The van der Waals surface area contributed by atoms with Gasteiger partial charge in [0.15, 0.2) is 0 Å². The van der Waals surface area contributed by atoms with Crippen LogP contribution in [-0.2, 0) is 0 Å². The molecule has 0 radical (unpaired) electrons. The third-order valence-corrected chi connectivity index (χ3v) is 3.46. The van der Waals surface area contributed by atoms with Gasteiger partial charge < -0.3 is 10.6 Å². The van der Waals surface area contributed by atoms with Gasteiger partial charge in [-0.25, -0.2) is 9.37 Å². The van der Waals surface area contributed by atoms with E-state index in [1.54, 1.807) is 12.1 Å². The van der Waals surface area contributed by atoms with Gasteiger partial charge in [-0.3, -0.25) is 4.79 Å². The number of hydrogen-bond acceptors (Lipinski definition) is 3. The van der Waals surface area contributed by atoms with Gasteiger partial charge in [0.25, 0.3) is 5.91 Å². The normalized spacial score (nSPS) is 10.2. The van der Waals surface area contributed by atoms with Crippen molar-refractivity contribution in [2.45, 2.75) is 13.3 Å². The highest BCUT2D eigenvalue weighted by Gasteiger charge is 2.14. The Bertz CT molecular complexity index is 631. The number of aromatic nitrogens is 1. The molecule has 2 aromatic rings. The fourth-order valence-electron chi connectivity index (χ4n) is 1.73. The van der Waals surface area contributed by atoms with Crippen molar-refractivity contribution in [3.8, 4) is 0 Å². The molecule has 6 heteroatoms. The Morgan fingerprint density at radius 2 is 2.05 bits per heavy atom. The van der Waals surface area contributed by atoms with E-state index in [2.05, 4.69) is 38.2 Å². The van der Waals surface area contributed by atoms with Crippen LogP contribution in [0.25, 0.3) is 0 Å². The summed E-state index contributed by atoms with van der Waals surface area (Å²) in [5, 5.41) is 5.77. The molecule has 2 N–H and O–H groups in total. The fourth-order valence-corrected chi connectivity index (χ4v) is 2.09. The largest absolute Gasteiger partial charge is 0.369 e. The van der Waals surface area contributed by atoms with Crippen molar-refractivity contribution in [1.82, 2.24) is 4.98 Å². The summed E-state index contributed by atoms with van der Waals surface area (Å²) >= 11 is 2.18. The third-order valence-electron chi connectivity index (χ3n) is 2.74. The molecule has 21 heavy (non-hydrogen) atoms. The van der Waals surface area contributed by atoms with Crippen molar-refractivity contribution in [2.75, 3.05) is 17.2 Å². The Hall–Kier alpha value is -1.70. The maximum absolute atomic E-state index is 13.4.